The fraction of sp³-hybridized carbons (Fsp3) is 0.333. The minimum absolute atomic E-state index is 0.812. The van der Waals surface area contributed by atoms with Crippen molar-refractivity contribution in [3.63, 3.8) is 0 Å². The Balaban J connectivity index is 3.03. The van der Waals surface area contributed by atoms with Crippen LogP contribution in [0.3, 0.4) is 0 Å². The van der Waals surface area contributed by atoms with Crippen LogP contribution in [-0.4, -0.2) is 31.6 Å². The normalized spacial score (nSPS) is 14.6. The summed E-state index contributed by atoms with van der Waals surface area (Å²) in [6.07, 6.45) is -8.09. The fourth-order valence-electron chi connectivity index (χ4n) is 1.09. The van der Waals surface area contributed by atoms with Crippen molar-refractivity contribution < 1.29 is 31.1 Å². The lowest BCUT2D eigenvalue weighted by molar-refractivity contribution is -0.196. The largest absolute Gasteiger partial charge is 0.415 e. The molecule has 0 heterocycles. The van der Waals surface area contributed by atoms with Crippen LogP contribution in [0.1, 0.15) is 0 Å². The van der Waals surface area contributed by atoms with Gasteiger partial charge in [0.05, 0.1) is 5.75 Å². The van der Waals surface area contributed by atoms with E-state index in [9.17, 15) is 26.0 Å². The van der Waals surface area contributed by atoms with Crippen LogP contribution in [-0.2, 0) is 9.84 Å². The molecule has 0 radical (unpaired) electrons. The van der Waals surface area contributed by atoms with E-state index in [1.54, 1.807) is 0 Å². The molecule has 1 atom stereocenters. The molecule has 0 saturated heterocycles. The van der Waals surface area contributed by atoms with Crippen LogP contribution in [0.5, 0.6) is 0 Å². The van der Waals surface area contributed by atoms with Gasteiger partial charge in [-0.25, -0.2) is 12.8 Å². The SMILES string of the molecule is O=S(=O)(CC(O)C(F)(F)F)c1ccccc1F. The molecule has 1 rings (SSSR count). The Morgan fingerprint density at radius 1 is 1.24 bits per heavy atom. The monoisotopic (exact) mass is 272 g/mol. The minimum Gasteiger partial charge on any atom is -0.383 e. The molecule has 17 heavy (non-hydrogen) atoms. The van der Waals surface area contributed by atoms with Crippen LogP contribution in [0.25, 0.3) is 0 Å². The highest BCUT2D eigenvalue weighted by Crippen LogP contribution is 2.24. The second-order valence-corrected chi connectivity index (χ2v) is 5.27. The Hall–Kier alpha value is -1.15. The van der Waals surface area contributed by atoms with Gasteiger partial charge in [-0.15, -0.1) is 0 Å². The van der Waals surface area contributed by atoms with Gasteiger partial charge < -0.3 is 5.11 Å². The number of benzene rings is 1. The summed E-state index contributed by atoms with van der Waals surface area (Å²) in [6, 6.07) is 4.03. The van der Waals surface area contributed by atoms with Crippen LogP contribution in [0.2, 0.25) is 0 Å². The van der Waals surface area contributed by atoms with Crippen LogP contribution < -0.4 is 0 Å². The van der Waals surface area contributed by atoms with Crippen molar-refractivity contribution in [1.82, 2.24) is 0 Å². The molecule has 0 aliphatic heterocycles. The maximum absolute atomic E-state index is 13.1. The second kappa shape index (κ2) is 4.61. The van der Waals surface area contributed by atoms with Crippen LogP contribution >= 0.6 is 0 Å². The van der Waals surface area contributed by atoms with Crippen molar-refractivity contribution >= 4 is 9.84 Å². The zero-order valence-electron chi connectivity index (χ0n) is 8.28. The van der Waals surface area contributed by atoms with Gasteiger partial charge in [0.15, 0.2) is 15.9 Å². The first-order chi connectivity index (χ1) is 7.64. The minimum atomic E-state index is -5.06. The van der Waals surface area contributed by atoms with Crippen LogP contribution in [0.4, 0.5) is 17.6 Å². The summed E-state index contributed by atoms with van der Waals surface area (Å²) in [5.74, 6) is -2.75. The van der Waals surface area contributed by atoms with E-state index in [-0.39, 0.29) is 0 Å². The van der Waals surface area contributed by atoms with Gasteiger partial charge in [0.1, 0.15) is 10.7 Å². The predicted molar refractivity (Wildman–Crippen MR) is 50.5 cm³/mol. The van der Waals surface area contributed by atoms with Gasteiger partial charge in [0.25, 0.3) is 0 Å². The van der Waals surface area contributed by atoms with E-state index in [1.165, 1.54) is 12.1 Å². The van der Waals surface area contributed by atoms with E-state index in [1.807, 2.05) is 0 Å². The first-order valence-corrected chi connectivity index (χ1v) is 6.02. The number of hydrogen-bond donors (Lipinski definition) is 1. The summed E-state index contributed by atoms with van der Waals surface area (Å²) in [6.45, 7) is 0. The predicted octanol–water partition coefficient (Wildman–Crippen LogP) is 1.52. The lowest BCUT2D eigenvalue weighted by Crippen LogP contribution is -2.35. The first-order valence-electron chi connectivity index (χ1n) is 4.36. The first kappa shape index (κ1) is 13.9. The molecule has 1 unspecified atom stereocenters. The third-order valence-electron chi connectivity index (χ3n) is 1.93. The summed E-state index contributed by atoms with van der Waals surface area (Å²) < 4.78 is 71.9. The van der Waals surface area contributed by atoms with Crippen molar-refractivity contribution in [3.05, 3.63) is 30.1 Å². The van der Waals surface area contributed by atoms with Crippen molar-refractivity contribution in [2.24, 2.45) is 0 Å². The van der Waals surface area contributed by atoms with Crippen molar-refractivity contribution in [3.8, 4) is 0 Å². The van der Waals surface area contributed by atoms with Gasteiger partial charge in [-0.2, -0.15) is 13.2 Å². The number of hydrogen-bond acceptors (Lipinski definition) is 3. The maximum atomic E-state index is 13.1. The zero-order valence-corrected chi connectivity index (χ0v) is 9.09. The van der Waals surface area contributed by atoms with E-state index in [4.69, 9.17) is 5.11 Å². The molecule has 1 N–H and O–H groups in total. The molecule has 1 aromatic rings. The standard InChI is InChI=1S/C9H8F4O3S/c10-6-3-1-2-4-7(6)17(15,16)5-8(14)9(11,12)13/h1-4,8,14H,5H2. The Morgan fingerprint density at radius 2 is 1.76 bits per heavy atom. The van der Waals surface area contributed by atoms with Crippen molar-refractivity contribution in [1.29, 1.82) is 0 Å². The second-order valence-electron chi connectivity index (χ2n) is 3.27. The van der Waals surface area contributed by atoms with Gasteiger partial charge in [-0.1, -0.05) is 12.1 Å². The molecular weight excluding hydrogens is 264 g/mol. The third kappa shape index (κ3) is 3.40. The highest BCUT2D eigenvalue weighted by molar-refractivity contribution is 7.91. The quantitative estimate of drug-likeness (QED) is 0.849. The Bertz CT molecular complexity index is 495. The molecule has 0 aliphatic carbocycles. The molecule has 0 amide bonds. The molecule has 3 nitrogen and oxygen atoms in total. The summed E-state index contributed by atoms with van der Waals surface area (Å²) in [5.41, 5.74) is 0. The molecule has 0 aromatic heterocycles. The van der Waals surface area contributed by atoms with E-state index in [2.05, 4.69) is 0 Å². The number of halogens is 4. The van der Waals surface area contributed by atoms with Gasteiger partial charge in [-0.3, -0.25) is 0 Å². The van der Waals surface area contributed by atoms with Crippen LogP contribution in [0.15, 0.2) is 29.2 Å². The molecule has 0 aliphatic rings. The number of rotatable bonds is 3. The lowest BCUT2D eigenvalue weighted by atomic mass is 10.3. The molecule has 1 aromatic carbocycles. The van der Waals surface area contributed by atoms with Gasteiger partial charge in [-0.05, 0) is 12.1 Å². The van der Waals surface area contributed by atoms with Crippen molar-refractivity contribution in [2.75, 3.05) is 5.75 Å². The molecule has 0 fully saturated rings. The summed E-state index contributed by atoms with van der Waals surface area (Å²) in [4.78, 5) is -0.858. The van der Waals surface area contributed by atoms with E-state index in [0.29, 0.717) is 0 Å². The van der Waals surface area contributed by atoms with Gasteiger partial charge >= 0.3 is 6.18 Å². The summed E-state index contributed by atoms with van der Waals surface area (Å²) >= 11 is 0. The number of alkyl halides is 3. The topological polar surface area (TPSA) is 54.4 Å². The summed E-state index contributed by atoms with van der Waals surface area (Å²) in [7, 11) is -4.52. The molecule has 0 bridgehead atoms. The Morgan fingerprint density at radius 3 is 2.24 bits per heavy atom. The smallest absolute Gasteiger partial charge is 0.383 e. The van der Waals surface area contributed by atoms with Crippen LogP contribution in [0, 0.1) is 5.82 Å². The number of aliphatic hydroxyl groups excluding tert-OH is 1. The average Bonchev–Trinajstić information content (AvgIpc) is 2.15. The fourth-order valence-corrected chi connectivity index (χ4v) is 2.52. The number of sulfone groups is 1. The van der Waals surface area contributed by atoms with E-state index in [0.717, 1.165) is 12.1 Å². The van der Waals surface area contributed by atoms with E-state index < -0.39 is 38.6 Å². The third-order valence-corrected chi connectivity index (χ3v) is 3.68. The molecule has 96 valence electrons. The highest BCUT2D eigenvalue weighted by Gasteiger charge is 2.41. The van der Waals surface area contributed by atoms with Gasteiger partial charge in [0.2, 0.25) is 0 Å². The molecular formula is C9H8F4O3S. The molecule has 0 spiro atoms. The summed E-state index contributed by atoms with van der Waals surface area (Å²) in [5, 5.41) is 8.65. The van der Waals surface area contributed by atoms with E-state index >= 15 is 0 Å². The van der Waals surface area contributed by atoms with Crippen molar-refractivity contribution in [2.45, 2.75) is 17.2 Å². The highest BCUT2D eigenvalue weighted by atomic mass is 32.2. The Kier molecular flexibility index (Phi) is 3.78. The molecule has 0 saturated carbocycles. The average molecular weight is 272 g/mol. The Labute approximate surface area is 94.6 Å². The van der Waals surface area contributed by atoms with Gasteiger partial charge in [0, 0.05) is 0 Å². The maximum Gasteiger partial charge on any atom is 0.415 e. The lowest BCUT2D eigenvalue weighted by Gasteiger charge is -2.14. The molecule has 8 heteroatoms. The number of aliphatic hydroxyl groups is 1. The zero-order chi connectivity index (χ0) is 13.3.